The lowest BCUT2D eigenvalue weighted by atomic mass is 9.67. The molecule has 1 saturated carbocycles. The number of carbonyl (C=O) groups excluding carboxylic acids is 2. The van der Waals surface area contributed by atoms with E-state index in [2.05, 4.69) is 26.1 Å². The van der Waals surface area contributed by atoms with E-state index in [9.17, 15) is 14.0 Å². The number of benzene rings is 3. The SMILES string of the molecule is COc1cc2c(Oc3ccc(NC(=O)C4(C(=O)Nc5ccc(F)cc5)CCC4)cc3F)ccnc2cc1OCCCNN1CCOCC1. The lowest BCUT2D eigenvalue weighted by molar-refractivity contribution is -0.142. The van der Waals surface area contributed by atoms with Gasteiger partial charge < -0.3 is 29.6 Å². The number of aromatic nitrogens is 1. The van der Waals surface area contributed by atoms with Crippen molar-refractivity contribution in [3.8, 4) is 23.0 Å². The Morgan fingerprint density at radius 2 is 1.62 bits per heavy atom. The molecule has 252 valence electrons. The molecule has 2 amide bonds. The Morgan fingerprint density at radius 3 is 2.31 bits per heavy atom. The van der Waals surface area contributed by atoms with Crippen LogP contribution >= 0.6 is 0 Å². The molecule has 2 aliphatic rings. The largest absolute Gasteiger partial charge is 0.493 e. The van der Waals surface area contributed by atoms with Crippen molar-refractivity contribution in [3.63, 3.8) is 0 Å². The first-order valence-corrected chi connectivity index (χ1v) is 15.9. The van der Waals surface area contributed by atoms with E-state index in [0.29, 0.717) is 59.7 Å². The molecule has 4 aromatic rings. The highest BCUT2D eigenvalue weighted by molar-refractivity contribution is 6.15. The molecule has 1 aliphatic carbocycles. The summed E-state index contributed by atoms with van der Waals surface area (Å²) >= 11 is 0. The molecule has 0 bridgehead atoms. The smallest absolute Gasteiger partial charge is 0.240 e. The van der Waals surface area contributed by atoms with Crippen LogP contribution in [0.3, 0.4) is 0 Å². The summed E-state index contributed by atoms with van der Waals surface area (Å²) in [6.45, 7) is 4.36. The summed E-state index contributed by atoms with van der Waals surface area (Å²) in [4.78, 5) is 30.8. The van der Waals surface area contributed by atoms with Gasteiger partial charge in [-0.05, 0) is 67.8 Å². The summed E-state index contributed by atoms with van der Waals surface area (Å²) in [7, 11) is 1.54. The first-order valence-electron chi connectivity index (χ1n) is 15.9. The van der Waals surface area contributed by atoms with Crippen LogP contribution in [-0.4, -0.2) is 68.4 Å². The lowest BCUT2D eigenvalue weighted by Crippen LogP contribution is -2.50. The number of fused-ring (bicyclic) bond motifs is 1. The predicted molar refractivity (Wildman–Crippen MR) is 175 cm³/mol. The Balaban J connectivity index is 1.09. The van der Waals surface area contributed by atoms with E-state index in [-0.39, 0.29) is 11.4 Å². The van der Waals surface area contributed by atoms with Crippen LogP contribution < -0.4 is 30.3 Å². The van der Waals surface area contributed by atoms with Crippen molar-refractivity contribution in [3.05, 3.63) is 78.5 Å². The summed E-state index contributed by atoms with van der Waals surface area (Å²) in [5.41, 5.74) is 3.20. The normalized spacial score (nSPS) is 15.7. The van der Waals surface area contributed by atoms with E-state index in [0.717, 1.165) is 45.3 Å². The van der Waals surface area contributed by atoms with Crippen LogP contribution in [0.5, 0.6) is 23.0 Å². The van der Waals surface area contributed by atoms with Crippen LogP contribution in [0, 0.1) is 17.0 Å². The second-order valence-corrected chi connectivity index (χ2v) is 11.6. The molecule has 6 rings (SSSR count). The molecule has 48 heavy (non-hydrogen) atoms. The summed E-state index contributed by atoms with van der Waals surface area (Å²) in [5.74, 6) is -0.896. The number of methoxy groups -OCH3 is 1. The molecular weight excluding hydrogens is 624 g/mol. The van der Waals surface area contributed by atoms with Crippen molar-refractivity contribution in [1.29, 1.82) is 0 Å². The van der Waals surface area contributed by atoms with Gasteiger partial charge in [-0.2, -0.15) is 0 Å². The molecule has 0 unspecified atom stereocenters. The highest BCUT2D eigenvalue weighted by atomic mass is 19.1. The number of nitrogens with zero attached hydrogens (tertiary/aromatic N) is 2. The van der Waals surface area contributed by atoms with Gasteiger partial charge in [0.25, 0.3) is 0 Å². The Kier molecular flexibility index (Phi) is 10.3. The average molecular weight is 662 g/mol. The fourth-order valence-electron chi connectivity index (χ4n) is 5.60. The minimum Gasteiger partial charge on any atom is -0.493 e. The van der Waals surface area contributed by atoms with Gasteiger partial charge in [0, 0.05) is 54.7 Å². The number of halogens is 2. The Hall–Kier alpha value is -4.85. The molecule has 0 spiro atoms. The Bertz CT molecular complexity index is 1760. The van der Waals surface area contributed by atoms with Crippen LogP contribution in [0.1, 0.15) is 25.7 Å². The first kappa shape index (κ1) is 33.1. The highest BCUT2D eigenvalue weighted by Gasteiger charge is 2.51. The minimum atomic E-state index is -1.31. The van der Waals surface area contributed by atoms with Crippen molar-refractivity contribution in [2.75, 3.05) is 57.2 Å². The molecule has 0 radical (unpaired) electrons. The molecule has 11 nitrogen and oxygen atoms in total. The number of pyridine rings is 1. The van der Waals surface area contributed by atoms with Crippen molar-refractivity contribution in [1.82, 2.24) is 15.4 Å². The van der Waals surface area contributed by atoms with Gasteiger partial charge in [0.15, 0.2) is 23.1 Å². The van der Waals surface area contributed by atoms with Gasteiger partial charge in [0.05, 0.1) is 32.4 Å². The fraction of sp³-hybridized carbons (Fsp3) is 0.343. The quantitative estimate of drug-likeness (QED) is 0.123. The molecule has 1 aliphatic heterocycles. The second-order valence-electron chi connectivity index (χ2n) is 11.6. The zero-order chi connectivity index (χ0) is 33.5. The molecule has 3 aromatic carbocycles. The molecule has 1 aromatic heterocycles. The maximum atomic E-state index is 15.3. The molecule has 1 saturated heterocycles. The van der Waals surface area contributed by atoms with Gasteiger partial charge in [0.1, 0.15) is 17.0 Å². The topological polar surface area (TPSA) is 123 Å². The molecule has 2 fully saturated rings. The maximum Gasteiger partial charge on any atom is 0.240 e. The summed E-state index contributed by atoms with van der Waals surface area (Å²) < 4.78 is 51.5. The Morgan fingerprint density at radius 1 is 0.896 bits per heavy atom. The molecular formula is C35H37F2N5O6. The zero-order valence-corrected chi connectivity index (χ0v) is 26.5. The zero-order valence-electron chi connectivity index (χ0n) is 26.5. The second kappa shape index (κ2) is 14.9. The summed E-state index contributed by atoms with van der Waals surface area (Å²) in [6.07, 6.45) is 3.70. The van der Waals surface area contributed by atoms with Crippen molar-refractivity contribution in [2.45, 2.75) is 25.7 Å². The van der Waals surface area contributed by atoms with E-state index < -0.39 is 28.9 Å². The first-order chi connectivity index (χ1) is 23.3. The van der Waals surface area contributed by atoms with Crippen LogP contribution in [0.4, 0.5) is 20.2 Å². The van der Waals surface area contributed by atoms with Gasteiger partial charge in [-0.1, -0.05) is 6.42 Å². The molecule has 2 heterocycles. The Labute approximate surface area is 276 Å². The van der Waals surface area contributed by atoms with Crippen LogP contribution in [0.15, 0.2) is 66.9 Å². The number of morpholine rings is 1. The lowest BCUT2D eigenvalue weighted by Gasteiger charge is -2.38. The molecule has 3 N–H and O–H groups in total. The van der Waals surface area contributed by atoms with E-state index in [1.165, 1.54) is 43.5 Å². The van der Waals surface area contributed by atoms with Crippen molar-refractivity contribution in [2.24, 2.45) is 5.41 Å². The van der Waals surface area contributed by atoms with E-state index in [4.69, 9.17) is 18.9 Å². The summed E-state index contributed by atoms with van der Waals surface area (Å²) in [5, 5.41) is 8.10. The predicted octanol–water partition coefficient (Wildman–Crippen LogP) is 5.67. The number of hydrogen-bond acceptors (Lipinski definition) is 9. The number of rotatable bonds is 13. The van der Waals surface area contributed by atoms with Crippen LogP contribution in [0.2, 0.25) is 0 Å². The van der Waals surface area contributed by atoms with Crippen molar-refractivity contribution >= 4 is 34.1 Å². The molecule has 13 heteroatoms. The van der Waals surface area contributed by atoms with Crippen LogP contribution in [-0.2, 0) is 14.3 Å². The monoisotopic (exact) mass is 661 g/mol. The third kappa shape index (κ3) is 7.48. The van der Waals surface area contributed by atoms with Crippen LogP contribution in [0.25, 0.3) is 10.9 Å². The number of anilines is 2. The standard InChI is InChI=1S/C35H37F2N5O6/c1-45-31-21-26-28(22-32(31)47-17-3-13-39-42-15-18-46-19-16-42)38-14-10-29(26)48-30-9-8-25(20-27(30)37)41-34(44)35(11-2-12-35)33(43)40-24-6-4-23(36)5-7-24/h4-10,14,20-22,39H,2-3,11-13,15-19H2,1H3,(H,40,43)(H,41,44). The van der Waals surface area contributed by atoms with Gasteiger partial charge in [-0.25, -0.2) is 13.8 Å². The number of hydrogen-bond donors (Lipinski definition) is 3. The number of nitrogens with one attached hydrogen (secondary N) is 3. The van der Waals surface area contributed by atoms with Gasteiger partial charge >= 0.3 is 0 Å². The third-order valence-electron chi connectivity index (χ3n) is 8.50. The highest BCUT2D eigenvalue weighted by Crippen LogP contribution is 2.43. The number of amides is 2. The van der Waals surface area contributed by atoms with Gasteiger partial charge in [0.2, 0.25) is 11.8 Å². The maximum absolute atomic E-state index is 15.3. The number of ether oxygens (including phenoxy) is 4. The minimum absolute atomic E-state index is 0.0695. The van der Waals surface area contributed by atoms with E-state index >= 15 is 4.39 Å². The van der Waals surface area contributed by atoms with Crippen molar-refractivity contribution < 1.29 is 37.3 Å². The third-order valence-corrected chi connectivity index (χ3v) is 8.50. The summed E-state index contributed by atoms with van der Waals surface area (Å²) in [6, 6.07) is 14.5. The number of hydrazine groups is 1. The van der Waals surface area contributed by atoms with Gasteiger partial charge in [-0.15, -0.1) is 0 Å². The fourth-order valence-corrected chi connectivity index (χ4v) is 5.60. The average Bonchev–Trinajstić information content (AvgIpc) is 3.06. The molecule has 0 atom stereocenters. The van der Waals surface area contributed by atoms with E-state index in [1.807, 2.05) is 0 Å². The van der Waals surface area contributed by atoms with E-state index in [1.54, 1.807) is 24.4 Å². The number of carbonyl (C=O) groups is 2. The van der Waals surface area contributed by atoms with Gasteiger partial charge in [-0.3, -0.25) is 20.0 Å².